The molecule has 46 heavy (non-hydrogen) atoms. The van der Waals surface area contributed by atoms with E-state index in [1.54, 1.807) is 42.9 Å². The number of anilines is 1. The average molecular weight is 632 g/mol. The predicted molar refractivity (Wildman–Crippen MR) is 176 cm³/mol. The topological polar surface area (TPSA) is 146 Å². The van der Waals surface area contributed by atoms with Crippen molar-refractivity contribution in [3.8, 4) is 33.6 Å². The number of aromatic amines is 2. The summed E-state index contributed by atoms with van der Waals surface area (Å²) in [6.45, 7) is -0.0321. The zero-order valence-electron chi connectivity index (χ0n) is 24.4. The van der Waals surface area contributed by atoms with Gasteiger partial charge in [-0.05, 0) is 82.9 Å². The maximum Gasteiger partial charge on any atom is 0.255 e. The quantitative estimate of drug-likeness (QED) is 0.155. The molecule has 0 aliphatic rings. The largest absolute Gasteiger partial charge is 0.338 e. The molecule has 0 aliphatic heterocycles. The van der Waals surface area contributed by atoms with Crippen LogP contribution in [0, 0.1) is 5.82 Å². The van der Waals surface area contributed by atoms with E-state index in [1.807, 2.05) is 48.5 Å². The van der Waals surface area contributed by atoms with Gasteiger partial charge in [-0.15, -0.1) is 0 Å². The number of hydrogen-bond acceptors (Lipinski definition) is 6. The summed E-state index contributed by atoms with van der Waals surface area (Å²) in [5.41, 5.74) is 7.40. The lowest BCUT2D eigenvalue weighted by atomic mass is 10.0. The van der Waals surface area contributed by atoms with Crippen LogP contribution in [0.3, 0.4) is 0 Å². The first-order valence-electron chi connectivity index (χ1n) is 14.2. The Morgan fingerprint density at radius 2 is 1.74 bits per heavy atom. The molecule has 4 N–H and O–H groups in total. The number of nitrogens with zero attached hydrogens (tertiary/aromatic N) is 3. The standard InChI is InChI=1S/C34H26FN7O3S/c1-46(44,45)38-17-20-11-23(13-25(35)12-20)27-9-10-37-33-28(27)16-31(40-33)32-29-15-22(7-8-30(29)41-42-32)24-14-26(19-36-18-24)39-34(43)21-5-3-2-4-6-21/h2-16,18-19,38H,17H2,1H3,(H,37,40)(H,39,43)(H,41,42). The minimum atomic E-state index is -3.44. The van der Waals surface area contributed by atoms with Crippen LogP contribution in [0.15, 0.2) is 104 Å². The summed E-state index contributed by atoms with van der Waals surface area (Å²) in [7, 11) is -3.44. The molecule has 0 bridgehead atoms. The minimum Gasteiger partial charge on any atom is -0.338 e. The number of benzene rings is 3. The fraction of sp³-hybridized carbons (Fsp3) is 0.0588. The van der Waals surface area contributed by atoms with E-state index < -0.39 is 15.8 Å². The van der Waals surface area contributed by atoms with Crippen molar-refractivity contribution in [3.63, 3.8) is 0 Å². The second-order valence-electron chi connectivity index (χ2n) is 10.9. The highest BCUT2D eigenvalue weighted by Gasteiger charge is 2.16. The van der Waals surface area contributed by atoms with Crippen LogP contribution >= 0.6 is 0 Å². The van der Waals surface area contributed by atoms with Crippen molar-refractivity contribution < 1.29 is 17.6 Å². The SMILES string of the molecule is CS(=O)(=O)NCc1cc(F)cc(-c2ccnc3[nH]c(-c4n[nH]c5ccc(-c6cncc(NC(=O)c7ccccc7)c6)cc45)cc23)c1. The summed E-state index contributed by atoms with van der Waals surface area (Å²) in [5, 5.41) is 12.2. The van der Waals surface area contributed by atoms with Gasteiger partial charge in [-0.3, -0.25) is 14.9 Å². The third kappa shape index (κ3) is 5.99. The number of amides is 1. The minimum absolute atomic E-state index is 0.0321. The van der Waals surface area contributed by atoms with Gasteiger partial charge >= 0.3 is 0 Å². The summed E-state index contributed by atoms with van der Waals surface area (Å²) in [6.07, 6.45) is 6.03. The Bertz CT molecular complexity index is 2370. The van der Waals surface area contributed by atoms with E-state index in [9.17, 15) is 17.6 Å². The van der Waals surface area contributed by atoms with Gasteiger partial charge in [-0.25, -0.2) is 22.5 Å². The molecule has 0 unspecified atom stereocenters. The van der Waals surface area contributed by atoms with Gasteiger partial charge in [-0.2, -0.15) is 5.10 Å². The van der Waals surface area contributed by atoms with Gasteiger partial charge in [0.15, 0.2) is 0 Å². The van der Waals surface area contributed by atoms with E-state index in [1.165, 1.54) is 12.1 Å². The van der Waals surface area contributed by atoms with Crippen LogP contribution in [0.25, 0.3) is 55.6 Å². The number of hydrogen-bond donors (Lipinski definition) is 4. The number of carbonyl (C=O) groups excluding carboxylic acids is 1. The Balaban J connectivity index is 1.22. The molecule has 0 radical (unpaired) electrons. The van der Waals surface area contributed by atoms with Crippen molar-refractivity contribution >= 4 is 43.6 Å². The second-order valence-corrected chi connectivity index (χ2v) is 12.7. The monoisotopic (exact) mass is 631 g/mol. The first-order valence-corrected chi connectivity index (χ1v) is 16.1. The number of rotatable bonds is 8. The number of nitrogens with one attached hydrogen (secondary N) is 4. The van der Waals surface area contributed by atoms with Crippen molar-refractivity contribution in [1.29, 1.82) is 0 Å². The van der Waals surface area contributed by atoms with Crippen LogP contribution in [0.1, 0.15) is 15.9 Å². The van der Waals surface area contributed by atoms with E-state index in [-0.39, 0.29) is 12.5 Å². The maximum atomic E-state index is 14.6. The van der Waals surface area contributed by atoms with Crippen LogP contribution < -0.4 is 10.0 Å². The molecular formula is C34H26FN7O3S. The van der Waals surface area contributed by atoms with Gasteiger partial charge in [0.25, 0.3) is 5.91 Å². The van der Waals surface area contributed by atoms with Crippen molar-refractivity contribution in [1.82, 2.24) is 29.9 Å². The molecular weight excluding hydrogens is 605 g/mol. The molecule has 10 nitrogen and oxygen atoms in total. The second kappa shape index (κ2) is 11.7. The van der Waals surface area contributed by atoms with Crippen LogP contribution in [0.4, 0.5) is 10.1 Å². The van der Waals surface area contributed by atoms with E-state index in [2.05, 4.69) is 35.2 Å². The molecule has 12 heteroatoms. The maximum absolute atomic E-state index is 14.6. The Morgan fingerprint density at radius 3 is 2.57 bits per heavy atom. The summed E-state index contributed by atoms with van der Waals surface area (Å²) in [4.78, 5) is 24.9. The van der Waals surface area contributed by atoms with Crippen molar-refractivity contribution in [2.24, 2.45) is 0 Å². The predicted octanol–water partition coefficient (Wildman–Crippen LogP) is 6.28. The van der Waals surface area contributed by atoms with E-state index in [0.717, 1.165) is 39.2 Å². The Kier molecular flexibility index (Phi) is 7.35. The number of halogens is 1. The third-order valence-electron chi connectivity index (χ3n) is 7.52. The van der Waals surface area contributed by atoms with E-state index in [0.29, 0.717) is 39.4 Å². The van der Waals surface area contributed by atoms with Crippen LogP contribution in [0.5, 0.6) is 0 Å². The van der Waals surface area contributed by atoms with Gasteiger partial charge in [-0.1, -0.05) is 24.3 Å². The fourth-order valence-corrected chi connectivity index (χ4v) is 5.82. The average Bonchev–Trinajstić information content (AvgIpc) is 3.68. The van der Waals surface area contributed by atoms with E-state index >= 15 is 0 Å². The van der Waals surface area contributed by atoms with Gasteiger partial charge in [0.2, 0.25) is 10.0 Å². The van der Waals surface area contributed by atoms with Gasteiger partial charge < -0.3 is 10.3 Å². The van der Waals surface area contributed by atoms with Crippen molar-refractivity contribution in [2.75, 3.05) is 11.6 Å². The molecule has 0 saturated carbocycles. The molecule has 0 aliphatic carbocycles. The molecule has 0 spiro atoms. The molecule has 0 atom stereocenters. The zero-order valence-corrected chi connectivity index (χ0v) is 25.2. The number of sulfonamides is 1. The molecule has 0 fully saturated rings. The Labute approximate surface area is 262 Å². The lowest BCUT2D eigenvalue weighted by molar-refractivity contribution is 0.102. The number of H-pyrrole nitrogens is 2. The lowest BCUT2D eigenvalue weighted by Crippen LogP contribution is -2.21. The lowest BCUT2D eigenvalue weighted by Gasteiger charge is -2.08. The smallest absolute Gasteiger partial charge is 0.255 e. The molecule has 7 aromatic rings. The molecule has 4 heterocycles. The Morgan fingerprint density at radius 1 is 0.891 bits per heavy atom. The van der Waals surface area contributed by atoms with Gasteiger partial charge in [0.05, 0.1) is 29.4 Å². The van der Waals surface area contributed by atoms with Crippen molar-refractivity contribution in [2.45, 2.75) is 6.54 Å². The first-order chi connectivity index (χ1) is 22.2. The highest BCUT2D eigenvalue weighted by Crippen LogP contribution is 2.35. The number of fused-ring (bicyclic) bond motifs is 2. The molecule has 1 amide bonds. The van der Waals surface area contributed by atoms with Gasteiger partial charge in [0.1, 0.15) is 17.2 Å². The van der Waals surface area contributed by atoms with Crippen LogP contribution in [0.2, 0.25) is 0 Å². The Hall–Kier alpha value is -5.72. The van der Waals surface area contributed by atoms with Crippen molar-refractivity contribution in [3.05, 3.63) is 120 Å². The summed E-state index contributed by atoms with van der Waals surface area (Å²) >= 11 is 0. The summed E-state index contributed by atoms with van der Waals surface area (Å²) in [5.74, 6) is -0.702. The molecule has 4 aromatic heterocycles. The molecule has 3 aromatic carbocycles. The number of pyridine rings is 2. The fourth-order valence-electron chi connectivity index (χ4n) is 5.39. The normalized spacial score (nSPS) is 11.7. The highest BCUT2D eigenvalue weighted by molar-refractivity contribution is 7.88. The van der Waals surface area contributed by atoms with Crippen LogP contribution in [-0.4, -0.2) is 45.7 Å². The van der Waals surface area contributed by atoms with E-state index in [4.69, 9.17) is 0 Å². The third-order valence-corrected chi connectivity index (χ3v) is 8.19. The summed E-state index contributed by atoms with van der Waals surface area (Å²) < 4.78 is 40.2. The number of carbonyl (C=O) groups is 1. The number of aromatic nitrogens is 5. The highest BCUT2D eigenvalue weighted by atomic mass is 32.2. The molecule has 7 rings (SSSR count). The van der Waals surface area contributed by atoms with Crippen LogP contribution in [-0.2, 0) is 16.6 Å². The van der Waals surface area contributed by atoms with Gasteiger partial charge in [0, 0.05) is 40.8 Å². The first kappa shape index (κ1) is 29.0. The molecule has 0 saturated heterocycles. The zero-order chi connectivity index (χ0) is 31.8. The summed E-state index contributed by atoms with van der Waals surface area (Å²) in [6, 6.07) is 24.9. The molecule has 228 valence electrons.